The summed E-state index contributed by atoms with van der Waals surface area (Å²) in [5.41, 5.74) is 0.211. The van der Waals surface area contributed by atoms with Crippen LogP contribution in [0.3, 0.4) is 0 Å². The fourth-order valence-electron chi connectivity index (χ4n) is 1.36. The van der Waals surface area contributed by atoms with E-state index in [1.54, 1.807) is 26.0 Å². The van der Waals surface area contributed by atoms with Crippen molar-refractivity contribution in [2.24, 2.45) is 0 Å². The van der Waals surface area contributed by atoms with E-state index in [-0.39, 0.29) is 11.3 Å². The topological polar surface area (TPSA) is 63.7 Å². The monoisotopic (exact) mass is 257 g/mol. The first kappa shape index (κ1) is 13.7. The average Bonchev–Trinajstić information content (AvgIpc) is 2.30. The molecular formula is C11H15NO4S. The molecule has 5 nitrogen and oxygen atoms in total. The normalized spacial score (nSPS) is 11.5. The summed E-state index contributed by atoms with van der Waals surface area (Å²) in [5.74, 6) is 0.0504. The van der Waals surface area contributed by atoms with Crippen LogP contribution < -0.4 is 4.18 Å². The second-order valence-corrected chi connectivity index (χ2v) is 4.82. The van der Waals surface area contributed by atoms with Crippen LogP contribution >= 0.6 is 0 Å². The lowest BCUT2D eigenvalue weighted by Gasteiger charge is -2.18. The maximum Gasteiger partial charge on any atom is 0.385 e. The first-order chi connectivity index (χ1) is 8.05. The van der Waals surface area contributed by atoms with Gasteiger partial charge in [-0.25, -0.2) is 0 Å². The summed E-state index contributed by atoms with van der Waals surface area (Å²) < 4.78 is 29.7. The Labute approximate surface area is 101 Å². The highest BCUT2D eigenvalue weighted by Crippen LogP contribution is 2.19. The molecule has 6 heteroatoms. The molecule has 1 aromatic rings. The van der Waals surface area contributed by atoms with Gasteiger partial charge in [0.2, 0.25) is 0 Å². The number of hydrogen-bond donors (Lipinski definition) is 0. The molecule has 0 N–H and O–H groups in total. The Morgan fingerprint density at radius 1 is 1.24 bits per heavy atom. The van der Waals surface area contributed by atoms with E-state index >= 15 is 0 Å². The predicted molar refractivity (Wildman–Crippen MR) is 64.3 cm³/mol. The minimum Gasteiger partial charge on any atom is -0.370 e. The van der Waals surface area contributed by atoms with E-state index in [1.807, 2.05) is 0 Å². The van der Waals surface area contributed by atoms with Gasteiger partial charge in [-0.3, -0.25) is 4.79 Å². The van der Waals surface area contributed by atoms with Crippen LogP contribution in [-0.4, -0.2) is 32.1 Å². The van der Waals surface area contributed by atoms with Crippen molar-refractivity contribution in [3.8, 4) is 5.75 Å². The van der Waals surface area contributed by atoms with E-state index in [9.17, 15) is 13.2 Å². The van der Waals surface area contributed by atoms with Crippen LogP contribution in [0.1, 0.15) is 24.2 Å². The molecule has 0 spiro atoms. The molecule has 0 aromatic heterocycles. The number of nitrogens with zero attached hydrogens (tertiary/aromatic N) is 1. The van der Waals surface area contributed by atoms with Crippen molar-refractivity contribution in [1.82, 2.24) is 4.31 Å². The maximum atomic E-state index is 11.8. The van der Waals surface area contributed by atoms with Gasteiger partial charge in [-0.2, -0.15) is 12.7 Å². The molecule has 1 rings (SSSR count). The van der Waals surface area contributed by atoms with Crippen molar-refractivity contribution in [3.05, 3.63) is 29.8 Å². The van der Waals surface area contributed by atoms with Crippen LogP contribution in [-0.2, 0) is 10.3 Å². The van der Waals surface area contributed by atoms with Crippen molar-refractivity contribution in [1.29, 1.82) is 0 Å². The Morgan fingerprint density at radius 3 is 2.35 bits per heavy atom. The summed E-state index contributed by atoms with van der Waals surface area (Å²) in [6, 6.07) is 6.20. The Balaban J connectivity index is 3.01. The highest BCUT2D eigenvalue weighted by molar-refractivity contribution is 7.84. The Kier molecular flexibility index (Phi) is 4.65. The Morgan fingerprint density at radius 2 is 1.82 bits per heavy atom. The Bertz CT molecular complexity index is 480. The van der Waals surface area contributed by atoms with Crippen molar-refractivity contribution in [2.45, 2.75) is 13.8 Å². The number of rotatable bonds is 6. The summed E-state index contributed by atoms with van der Waals surface area (Å²) in [6.45, 7) is 4.08. The SMILES string of the molecule is CCN(CC)S(=O)(=O)Oc1ccccc1C=O. The lowest BCUT2D eigenvalue weighted by molar-refractivity contribution is 0.112. The van der Waals surface area contributed by atoms with Gasteiger partial charge in [-0.05, 0) is 12.1 Å². The number of para-hydroxylation sites is 1. The summed E-state index contributed by atoms with van der Waals surface area (Å²) >= 11 is 0. The second-order valence-electron chi connectivity index (χ2n) is 3.28. The van der Waals surface area contributed by atoms with Crippen LogP contribution in [0.4, 0.5) is 0 Å². The molecule has 0 bridgehead atoms. The minimum atomic E-state index is -3.83. The van der Waals surface area contributed by atoms with E-state index in [2.05, 4.69) is 0 Å². The molecule has 1 aromatic carbocycles. The van der Waals surface area contributed by atoms with Crippen molar-refractivity contribution in [3.63, 3.8) is 0 Å². The van der Waals surface area contributed by atoms with Crippen LogP contribution in [0.2, 0.25) is 0 Å². The molecule has 0 aliphatic heterocycles. The number of carbonyl (C=O) groups is 1. The predicted octanol–water partition coefficient (Wildman–Crippen LogP) is 1.46. The zero-order valence-corrected chi connectivity index (χ0v) is 10.6. The number of hydrogen-bond acceptors (Lipinski definition) is 4. The molecule has 94 valence electrons. The molecule has 0 radical (unpaired) electrons. The molecule has 0 amide bonds. The molecule has 0 unspecified atom stereocenters. The molecule has 0 heterocycles. The lowest BCUT2D eigenvalue weighted by atomic mass is 10.2. The fourth-order valence-corrected chi connectivity index (χ4v) is 2.48. The first-order valence-corrected chi connectivity index (χ1v) is 6.65. The van der Waals surface area contributed by atoms with Gasteiger partial charge in [0.1, 0.15) is 0 Å². The zero-order valence-electron chi connectivity index (χ0n) is 9.79. The van der Waals surface area contributed by atoms with Gasteiger partial charge in [0.05, 0.1) is 5.56 Å². The van der Waals surface area contributed by atoms with Gasteiger partial charge in [-0.15, -0.1) is 0 Å². The van der Waals surface area contributed by atoms with Gasteiger partial charge < -0.3 is 4.18 Å². The first-order valence-electron chi connectivity index (χ1n) is 5.29. The van der Waals surface area contributed by atoms with Crippen LogP contribution in [0, 0.1) is 0 Å². The third-order valence-electron chi connectivity index (χ3n) is 2.26. The van der Waals surface area contributed by atoms with Crippen molar-refractivity contribution >= 4 is 16.6 Å². The van der Waals surface area contributed by atoms with E-state index in [0.29, 0.717) is 19.4 Å². The van der Waals surface area contributed by atoms with E-state index in [1.165, 1.54) is 16.4 Å². The largest absolute Gasteiger partial charge is 0.385 e. The summed E-state index contributed by atoms with van der Waals surface area (Å²) in [7, 11) is -3.83. The van der Waals surface area contributed by atoms with Crippen LogP contribution in [0.25, 0.3) is 0 Å². The van der Waals surface area contributed by atoms with E-state index in [4.69, 9.17) is 4.18 Å². The standard InChI is InChI=1S/C11H15NO4S/c1-3-12(4-2)17(14,15)16-11-8-6-5-7-10(11)9-13/h5-9H,3-4H2,1-2H3. The fraction of sp³-hybridized carbons (Fsp3) is 0.364. The average molecular weight is 257 g/mol. The summed E-state index contributed by atoms with van der Waals surface area (Å²) in [5, 5.41) is 0. The lowest BCUT2D eigenvalue weighted by Crippen LogP contribution is -2.34. The van der Waals surface area contributed by atoms with Crippen LogP contribution in [0.15, 0.2) is 24.3 Å². The molecule has 0 saturated carbocycles. The molecular weight excluding hydrogens is 242 g/mol. The van der Waals surface area contributed by atoms with Gasteiger partial charge >= 0.3 is 10.3 Å². The van der Waals surface area contributed by atoms with Gasteiger partial charge in [0, 0.05) is 13.1 Å². The van der Waals surface area contributed by atoms with Gasteiger partial charge in [0.25, 0.3) is 0 Å². The van der Waals surface area contributed by atoms with Gasteiger partial charge in [0.15, 0.2) is 12.0 Å². The molecule has 0 aliphatic carbocycles. The Hall–Kier alpha value is -1.40. The van der Waals surface area contributed by atoms with Gasteiger partial charge in [-0.1, -0.05) is 26.0 Å². The minimum absolute atomic E-state index is 0.0504. The third-order valence-corrected chi connectivity index (χ3v) is 3.80. The molecule has 0 saturated heterocycles. The number of aldehydes is 1. The van der Waals surface area contributed by atoms with Crippen molar-refractivity contribution < 1.29 is 17.4 Å². The van der Waals surface area contributed by atoms with E-state index in [0.717, 1.165) is 0 Å². The number of carbonyl (C=O) groups excluding carboxylic acids is 1. The quantitative estimate of drug-likeness (QED) is 0.724. The second kappa shape index (κ2) is 5.79. The van der Waals surface area contributed by atoms with Crippen molar-refractivity contribution in [2.75, 3.05) is 13.1 Å². The molecule has 0 fully saturated rings. The molecule has 0 atom stereocenters. The van der Waals surface area contributed by atoms with Crippen LogP contribution in [0.5, 0.6) is 5.75 Å². The number of benzene rings is 1. The highest BCUT2D eigenvalue weighted by Gasteiger charge is 2.21. The maximum absolute atomic E-state index is 11.8. The molecule has 0 aliphatic rings. The zero-order chi connectivity index (χ0) is 12.9. The summed E-state index contributed by atoms with van der Waals surface area (Å²) in [4.78, 5) is 10.7. The summed E-state index contributed by atoms with van der Waals surface area (Å²) in [6.07, 6.45) is 0.563. The smallest absolute Gasteiger partial charge is 0.370 e. The van der Waals surface area contributed by atoms with E-state index < -0.39 is 10.3 Å². The molecule has 17 heavy (non-hydrogen) atoms. The third kappa shape index (κ3) is 3.28. The highest BCUT2D eigenvalue weighted by atomic mass is 32.2.